The Bertz CT molecular complexity index is 1620. The molecule has 7 nitrogen and oxygen atoms in total. The average molecular weight is 594 g/mol. The zero-order chi connectivity index (χ0) is 30.4. The number of benzene rings is 3. The van der Waals surface area contributed by atoms with E-state index < -0.39 is 29.4 Å². The molecule has 0 aromatic heterocycles. The van der Waals surface area contributed by atoms with E-state index in [2.05, 4.69) is 10.3 Å². The van der Waals surface area contributed by atoms with Gasteiger partial charge in [-0.25, -0.2) is 14.2 Å². The Balaban J connectivity index is 1.25. The first-order chi connectivity index (χ1) is 21.3. The van der Waals surface area contributed by atoms with E-state index in [9.17, 15) is 14.4 Å². The number of para-hydroxylation sites is 1. The average Bonchev–Trinajstić information content (AvgIpc) is 3.11. The molecule has 5 aliphatic rings. The molecule has 1 atom stereocenters. The number of ether oxygens (including phenoxy) is 1. The van der Waals surface area contributed by atoms with Crippen LogP contribution in [-0.2, 0) is 20.9 Å². The van der Waals surface area contributed by atoms with E-state index in [1.54, 1.807) is 24.3 Å². The van der Waals surface area contributed by atoms with Gasteiger partial charge in [0.1, 0.15) is 12.4 Å². The maximum Gasteiger partial charge on any atom is 0.409 e. The lowest BCUT2D eigenvalue weighted by molar-refractivity contribution is -0.143. The minimum atomic E-state index is -1.43. The fourth-order valence-electron chi connectivity index (χ4n) is 8.48. The monoisotopic (exact) mass is 593 g/mol. The van der Waals surface area contributed by atoms with Crippen LogP contribution < -0.4 is 10.2 Å². The smallest absolute Gasteiger partial charge is 0.409 e. The van der Waals surface area contributed by atoms with E-state index in [-0.39, 0.29) is 30.2 Å². The summed E-state index contributed by atoms with van der Waals surface area (Å²) in [6.45, 7) is 1.75. The van der Waals surface area contributed by atoms with Gasteiger partial charge in [-0.1, -0.05) is 60.7 Å². The highest BCUT2D eigenvalue weighted by atomic mass is 19.1. The van der Waals surface area contributed by atoms with E-state index in [1.807, 2.05) is 49.4 Å². The largest absolute Gasteiger partial charge is 0.445 e. The molecule has 4 aliphatic carbocycles. The summed E-state index contributed by atoms with van der Waals surface area (Å²) in [5.41, 5.74) is 2.60. The third kappa shape index (κ3) is 5.20. The Kier molecular flexibility index (Phi) is 7.31. The molecular formula is C36H36FN3O4. The minimum absolute atomic E-state index is 0.00498. The molecule has 3 aromatic carbocycles. The van der Waals surface area contributed by atoms with Crippen LogP contribution in [0.5, 0.6) is 0 Å². The van der Waals surface area contributed by atoms with Gasteiger partial charge in [-0.05, 0) is 86.5 Å². The number of ketones is 1. The van der Waals surface area contributed by atoms with Crippen LogP contribution >= 0.6 is 0 Å². The van der Waals surface area contributed by atoms with Crippen molar-refractivity contribution in [2.45, 2.75) is 58.2 Å². The zero-order valence-electron chi connectivity index (χ0n) is 24.8. The number of nitrogens with one attached hydrogen (secondary N) is 1. The molecule has 8 rings (SSSR count). The van der Waals surface area contributed by atoms with E-state index in [0.717, 1.165) is 30.4 Å². The predicted octanol–water partition coefficient (Wildman–Crippen LogP) is 6.36. The molecule has 2 amide bonds. The summed E-state index contributed by atoms with van der Waals surface area (Å²) < 4.78 is 20.7. The lowest BCUT2D eigenvalue weighted by Gasteiger charge is -2.56. The van der Waals surface area contributed by atoms with Crippen LogP contribution in [0.1, 0.15) is 60.8 Å². The van der Waals surface area contributed by atoms with Crippen molar-refractivity contribution in [3.63, 3.8) is 0 Å². The maximum atomic E-state index is 15.3. The van der Waals surface area contributed by atoms with Gasteiger partial charge in [0.2, 0.25) is 6.17 Å². The Morgan fingerprint density at radius 2 is 1.55 bits per heavy atom. The second-order valence-electron chi connectivity index (χ2n) is 13.1. The lowest BCUT2D eigenvalue weighted by atomic mass is 9.48. The number of nitrogens with zero attached hydrogens (tertiary/aromatic N) is 2. The number of halogens is 1. The molecule has 3 aromatic rings. The molecule has 1 N–H and O–H groups in total. The van der Waals surface area contributed by atoms with Crippen LogP contribution in [0.3, 0.4) is 0 Å². The van der Waals surface area contributed by atoms with Crippen LogP contribution in [0.2, 0.25) is 0 Å². The van der Waals surface area contributed by atoms with Crippen LogP contribution in [0, 0.1) is 35.9 Å². The molecule has 4 fully saturated rings. The number of anilines is 1. The first-order valence-corrected chi connectivity index (χ1v) is 15.5. The number of amides is 2. The highest BCUT2D eigenvalue weighted by molar-refractivity contribution is 6.21. The van der Waals surface area contributed by atoms with Crippen LogP contribution in [-0.4, -0.2) is 36.2 Å². The van der Waals surface area contributed by atoms with Crippen molar-refractivity contribution < 1.29 is 23.5 Å². The second kappa shape index (κ2) is 11.3. The fourth-order valence-corrected chi connectivity index (χ4v) is 8.48. The van der Waals surface area contributed by atoms with Crippen LogP contribution in [0.15, 0.2) is 77.8 Å². The van der Waals surface area contributed by atoms with Crippen molar-refractivity contribution in [2.75, 3.05) is 11.4 Å². The standard InChI is InChI=1S/C36H36FN3O4/c1-22-8-7-12-28-31(27-11-5-6-13-29(27)37)38-33(39-35(43)44-21-23-9-3-2-4-10-23)34(42)40(32(22)28)20-30(41)36-17-24-14-25(18-36)16-26(15-24)19-36/h2-13,24-26,33H,14-21H2,1H3,(H,39,43)/t24?,25?,26?,33-,36?/m1/s1. The van der Waals surface area contributed by atoms with Crippen molar-refractivity contribution >= 4 is 29.2 Å². The summed E-state index contributed by atoms with van der Waals surface area (Å²) in [6.07, 6.45) is 3.99. The van der Waals surface area contributed by atoms with Crippen molar-refractivity contribution in [2.24, 2.45) is 28.2 Å². The first-order valence-electron chi connectivity index (χ1n) is 15.5. The second-order valence-corrected chi connectivity index (χ2v) is 13.1. The Morgan fingerprint density at radius 1 is 0.909 bits per heavy atom. The molecule has 0 unspecified atom stereocenters. The van der Waals surface area contributed by atoms with Crippen molar-refractivity contribution in [3.8, 4) is 0 Å². The summed E-state index contributed by atoms with van der Waals surface area (Å²) in [5, 5.41) is 2.62. The topological polar surface area (TPSA) is 88.1 Å². The highest BCUT2D eigenvalue weighted by Gasteiger charge is 2.55. The molecule has 0 saturated heterocycles. The van der Waals surface area contributed by atoms with Crippen LogP contribution in [0.25, 0.3) is 0 Å². The molecule has 0 spiro atoms. The molecule has 226 valence electrons. The summed E-state index contributed by atoms with van der Waals surface area (Å²) in [5.74, 6) is 0.728. The molecule has 8 heteroatoms. The van der Waals surface area contributed by atoms with E-state index in [0.29, 0.717) is 29.0 Å². The van der Waals surface area contributed by atoms with Gasteiger partial charge in [0.15, 0.2) is 5.78 Å². The Hall–Kier alpha value is -4.33. The number of hydrogen-bond acceptors (Lipinski definition) is 5. The third-order valence-corrected chi connectivity index (χ3v) is 10.0. The van der Waals surface area contributed by atoms with Gasteiger partial charge >= 0.3 is 6.09 Å². The number of benzodiazepines with no additional fused rings is 1. The number of aryl methyl sites for hydroxylation is 1. The number of hydrogen-bond donors (Lipinski definition) is 1. The lowest BCUT2D eigenvalue weighted by Crippen LogP contribution is -2.55. The summed E-state index contributed by atoms with van der Waals surface area (Å²) in [6, 6.07) is 20.9. The Labute approximate surface area is 256 Å². The van der Waals surface area contributed by atoms with Crippen LogP contribution in [0.4, 0.5) is 14.9 Å². The molecule has 1 aliphatic heterocycles. The number of fused-ring (bicyclic) bond motifs is 1. The number of rotatable bonds is 7. The van der Waals surface area contributed by atoms with E-state index in [4.69, 9.17) is 4.74 Å². The molecule has 4 saturated carbocycles. The van der Waals surface area contributed by atoms with Crippen molar-refractivity contribution in [1.29, 1.82) is 0 Å². The SMILES string of the molecule is Cc1cccc2c1N(CC(=O)C13CC4CC(CC(C4)C1)C3)C(=O)[C@@H](NC(=O)OCc1ccccc1)N=C2c1ccccc1F. The first kappa shape index (κ1) is 28.4. The molecular weight excluding hydrogens is 557 g/mol. The summed E-state index contributed by atoms with van der Waals surface area (Å²) in [7, 11) is 0. The quantitative estimate of drug-likeness (QED) is 0.346. The zero-order valence-corrected chi connectivity index (χ0v) is 24.8. The van der Waals surface area contributed by atoms with Gasteiger partial charge in [-0.3, -0.25) is 14.9 Å². The summed E-state index contributed by atoms with van der Waals surface area (Å²) >= 11 is 0. The van der Waals surface area contributed by atoms with Gasteiger partial charge in [0.05, 0.1) is 17.9 Å². The highest BCUT2D eigenvalue weighted by Crippen LogP contribution is 2.60. The number of aliphatic imine (C=N–C) groups is 1. The molecule has 44 heavy (non-hydrogen) atoms. The van der Waals surface area contributed by atoms with Gasteiger partial charge in [-0.15, -0.1) is 0 Å². The number of alkyl carbamates (subject to hydrolysis) is 1. The number of Topliss-reactive ketones (excluding diaryl/α,β-unsaturated/α-hetero) is 1. The van der Waals surface area contributed by atoms with Crippen molar-refractivity contribution in [1.82, 2.24) is 5.32 Å². The van der Waals surface area contributed by atoms with Gasteiger partial charge in [-0.2, -0.15) is 0 Å². The molecule has 1 heterocycles. The van der Waals surface area contributed by atoms with Crippen molar-refractivity contribution in [3.05, 3.63) is 101 Å². The molecule has 0 radical (unpaired) electrons. The number of carbonyl (C=O) groups excluding carboxylic acids is 3. The summed E-state index contributed by atoms with van der Waals surface area (Å²) in [4.78, 5) is 47.9. The fraction of sp³-hybridized carbons (Fsp3) is 0.389. The predicted molar refractivity (Wildman–Crippen MR) is 165 cm³/mol. The van der Waals surface area contributed by atoms with Gasteiger partial charge in [0.25, 0.3) is 5.91 Å². The number of carbonyl (C=O) groups is 3. The maximum absolute atomic E-state index is 15.3. The molecule has 4 bridgehead atoms. The minimum Gasteiger partial charge on any atom is -0.445 e. The van der Waals surface area contributed by atoms with E-state index >= 15 is 4.39 Å². The van der Waals surface area contributed by atoms with E-state index in [1.165, 1.54) is 30.2 Å². The Morgan fingerprint density at radius 3 is 2.23 bits per heavy atom. The third-order valence-electron chi connectivity index (χ3n) is 10.0. The van der Waals surface area contributed by atoms with Gasteiger partial charge in [0, 0.05) is 16.5 Å². The van der Waals surface area contributed by atoms with Gasteiger partial charge < -0.3 is 9.64 Å². The normalized spacial score (nSPS) is 26.9.